The van der Waals surface area contributed by atoms with E-state index in [2.05, 4.69) is 59.2 Å². The third-order valence-corrected chi connectivity index (χ3v) is 6.35. The molecule has 0 N–H and O–H groups in total. The highest BCUT2D eigenvalue weighted by Crippen LogP contribution is 2.56. The van der Waals surface area contributed by atoms with E-state index in [0.717, 1.165) is 46.1 Å². The third kappa shape index (κ3) is 4.15. The van der Waals surface area contributed by atoms with Crippen LogP contribution in [-0.4, -0.2) is 39.4 Å². The highest BCUT2D eigenvalue weighted by atomic mass is 35.5. The van der Waals surface area contributed by atoms with Crippen LogP contribution in [-0.2, 0) is 10.6 Å². The molecule has 12 heteroatoms. The van der Waals surface area contributed by atoms with Crippen LogP contribution in [0.5, 0.6) is 0 Å². The van der Waals surface area contributed by atoms with Crippen molar-refractivity contribution in [2.24, 2.45) is 7.05 Å². The molecule has 4 aromatic heterocycles. The van der Waals surface area contributed by atoms with Crippen LogP contribution in [0.25, 0.3) is 17.0 Å². The van der Waals surface area contributed by atoms with Gasteiger partial charge in [-0.15, -0.1) is 48.1 Å². The Morgan fingerprint density at radius 1 is 1.03 bits per heavy atom. The van der Waals surface area contributed by atoms with Crippen LogP contribution in [0.4, 0.5) is 0 Å². The summed E-state index contributed by atoms with van der Waals surface area (Å²) in [6, 6.07) is 4.11. The summed E-state index contributed by atoms with van der Waals surface area (Å²) < 4.78 is 4.17. The SMILES string of the molecule is CC.Cc1cc(-c2cc(C3CC3c3cn(C(S)(S)S)nc3Cl)nn2C)nn2c(C)nnc12. The van der Waals surface area contributed by atoms with E-state index in [4.69, 9.17) is 21.8 Å². The molecule has 1 aliphatic carbocycles. The molecule has 0 radical (unpaired) electrons. The van der Waals surface area contributed by atoms with Crippen molar-refractivity contribution in [1.29, 1.82) is 0 Å². The Labute approximate surface area is 208 Å². The molecule has 8 nitrogen and oxygen atoms in total. The Bertz CT molecular complexity index is 1290. The van der Waals surface area contributed by atoms with E-state index in [-0.39, 0.29) is 11.8 Å². The number of rotatable bonds is 4. The summed E-state index contributed by atoms with van der Waals surface area (Å²) in [6.07, 6.45) is 2.81. The van der Waals surface area contributed by atoms with Crippen molar-refractivity contribution in [3.63, 3.8) is 0 Å². The standard InChI is InChI=1S/C18H19ClN8S3.C2H6/c1-8-4-14(23-27-9(2)20-21-17(8)27)15-6-13(22-25(15)3)11-5-10(11)12-7-26(18(28,29)30)24-16(12)19;1-2/h4,6-7,10-11,28-30H,5H2,1-3H3;1-2H3. The zero-order valence-corrected chi connectivity index (χ0v) is 21.8. The van der Waals surface area contributed by atoms with Crippen LogP contribution >= 0.6 is 49.5 Å². The van der Waals surface area contributed by atoms with Crippen molar-refractivity contribution in [1.82, 2.24) is 39.4 Å². The van der Waals surface area contributed by atoms with E-state index in [1.54, 1.807) is 9.20 Å². The zero-order valence-electron chi connectivity index (χ0n) is 18.4. The normalized spacial score (nSPS) is 18.0. The van der Waals surface area contributed by atoms with E-state index in [1.807, 2.05) is 51.7 Å². The molecule has 0 spiro atoms. The topological polar surface area (TPSA) is 78.7 Å². The smallest absolute Gasteiger partial charge is 0.192 e. The monoisotopic (exact) mass is 508 g/mol. The molecule has 1 fully saturated rings. The summed E-state index contributed by atoms with van der Waals surface area (Å²) in [7, 11) is 1.93. The van der Waals surface area contributed by atoms with Crippen molar-refractivity contribution in [3.8, 4) is 11.4 Å². The predicted octanol–water partition coefficient (Wildman–Crippen LogP) is 4.65. The van der Waals surface area contributed by atoms with Gasteiger partial charge in [0, 0.05) is 24.7 Å². The molecule has 1 aliphatic rings. The summed E-state index contributed by atoms with van der Waals surface area (Å²) in [5, 5.41) is 22.5. The molecule has 2 atom stereocenters. The minimum atomic E-state index is -1.01. The second-order valence-corrected chi connectivity index (χ2v) is 11.0. The second kappa shape index (κ2) is 8.58. The Morgan fingerprint density at radius 3 is 2.41 bits per heavy atom. The molecule has 0 amide bonds. The van der Waals surface area contributed by atoms with E-state index in [1.165, 1.54) is 0 Å². The highest BCUT2D eigenvalue weighted by molar-refractivity contribution is 8.15. The van der Waals surface area contributed by atoms with Gasteiger partial charge in [-0.05, 0) is 43.9 Å². The van der Waals surface area contributed by atoms with Crippen LogP contribution in [0.15, 0.2) is 18.3 Å². The largest absolute Gasteiger partial charge is 0.266 e. The first-order chi connectivity index (χ1) is 15.1. The maximum Gasteiger partial charge on any atom is 0.192 e. The lowest BCUT2D eigenvalue weighted by molar-refractivity contribution is 0.709. The minimum absolute atomic E-state index is 0.253. The molecule has 0 aromatic carbocycles. The van der Waals surface area contributed by atoms with E-state index in [0.29, 0.717) is 5.15 Å². The molecule has 0 bridgehead atoms. The average Bonchev–Trinajstić information content (AvgIpc) is 3.04. The third-order valence-electron chi connectivity index (χ3n) is 5.44. The summed E-state index contributed by atoms with van der Waals surface area (Å²) in [5.41, 5.74) is 5.52. The fourth-order valence-corrected chi connectivity index (χ4v) is 4.38. The molecule has 0 saturated heterocycles. The minimum Gasteiger partial charge on any atom is -0.266 e. The maximum absolute atomic E-state index is 6.36. The van der Waals surface area contributed by atoms with Gasteiger partial charge in [0.15, 0.2) is 20.2 Å². The van der Waals surface area contributed by atoms with Gasteiger partial charge in [-0.3, -0.25) is 4.68 Å². The van der Waals surface area contributed by atoms with Gasteiger partial charge in [-0.1, -0.05) is 25.4 Å². The van der Waals surface area contributed by atoms with E-state index in [9.17, 15) is 0 Å². The number of hydrogen-bond acceptors (Lipinski definition) is 8. The fraction of sp³-hybridized carbons (Fsp3) is 0.450. The molecule has 5 rings (SSSR count). The molecule has 2 unspecified atom stereocenters. The van der Waals surface area contributed by atoms with Crippen molar-refractivity contribution in [3.05, 3.63) is 46.1 Å². The first-order valence-corrected chi connectivity index (χ1v) is 12.0. The first-order valence-electron chi connectivity index (χ1n) is 10.3. The lowest BCUT2D eigenvalue weighted by Crippen LogP contribution is -2.13. The number of hydrogen-bond donors (Lipinski definition) is 3. The highest BCUT2D eigenvalue weighted by Gasteiger charge is 2.44. The van der Waals surface area contributed by atoms with Crippen LogP contribution in [0.2, 0.25) is 5.15 Å². The summed E-state index contributed by atoms with van der Waals surface area (Å²) in [5.74, 6) is 1.28. The number of fused-ring (bicyclic) bond motifs is 1. The number of nitrogens with zero attached hydrogens (tertiary/aromatic N) is 8. The fourth-order valence-electron chi connectivity index (χ4n) is 3.80. The molecular weight excluding hydrogens is 484 g/mol. The number of aryl methyl sites for hydroxylation is 3. The predicted molar refractivity (Wildman–Crippen MR) is 136 cm³/mol. The quantitative estimate of drug-likeness (QED) is 0.276. The van der Waals surface area contributed by atoms with Gasteiger partial charge < -0.3 is 0 Å². The van der Waals surface area contributed by atoms with Gasteiger partial charge in [0.1, 0.15) is 5.69 Å². The van der Waals surface area contributed by atoms with Gasteiger partial charge in [-0.25, -0.2) is 4.68 Å². The van der Waals surface area contributed by atoms with Crippen LogP contribution in [0, 0.1) is 13.8 Å². The van der Waals surface area contributed by atoms with Crippen molar-refractivity contribution in [2.45, 2.75) is 49.5 Å². The van der Waals surface area contributed by atoms with E-state index < -0.39 is 3.54 Å². The van der Waals surface area contributed by atoms with Crippen LogP contribution in [0.1, 0.15) is 54.7 Å². The van der Waals surface area contributed by atoms with Gasteiger partial charge >= 0.3 is 0 Å². The Morgan fingerprint density at radius 2 is 1.75 bits per heavy atom. The lowest BCUT2D eigenvalue weighted by Gasteiger charge is -2.15. The molecule has 4 heterocycles. The zero-order chi connectivity index (χ0) is 23.4. The van der Waals surface area contributed by atoms with Crippen LogP contribution in [0.3, 0.4) is 0 Å². The summed E-state index contributed by atoms with van der Waals surface area (Å²) in [4.78, 5) is 0. The number of aromatic nitrogens is 8. The Balaban J connectivity index is 0.00000119. The Kier molecular flexibility index (Phi) is 6.30. The maximum atomic E-state index is 6.36. The van der Waals surface area contributed by atoms with Crippen LogP contribution < -0.4 is 0 Å². The van der Waals surface area contributed by atoms with Crippen molar-refractivity contribution >= 4 is 55.1 Å². The Hall–Kier alpha value is -1.69. The summed E-state index contributed by atoms with van der Waals surface area (Å²) in [6.45, 7) is 7.89. The number of halogens is 1. The molecular formula is C20H25ClN8S3. The van der Waals surface area contributed by atoms with E-state index >= 15 is 0 Å². The van der Waals surface area contributed by atoms with Gasteiger partial charge in [0.25, 0.3) is 0 Å². The molecule has 170 valence electrons. The molecule has 32 heavy (non-hydrogen) atoms. The summed E-state index contributed by atoms with van der Waals surface area (Å²) >= 11 is 19.3. The average molecular weight is 509 g/mol. The molecule has 1 saturated carbocycles. The van der Waals surface area contributed by atoms with Gasteiger partial charge in [0.2, 0.25) is 0 Å². The molecule has 4 aromatic rings. The van der Waals surface area contributed by atoms with Crippen molar-refractivity contribution < 1.29 is 0 Å². The number of thiol groups is 3. The second-order valence-electron chi connectivity index (χ2n) is 7.64. The van der Waals surface area contributed by atoms with Gasteiger partial charge in [-0.2, -0.15) is 19.8 Å². The first kappa shape index (κ1) is 23.5. The molecule has 0 aliphatic heterocycles. The van der Waals surface area contributed by atoms with Gasteiger partial charge in [0.05, 0.1) is 11.4 Å². The van der Waals surface area contributed by atoms with Crippen molar-refractivity contribution in [2.75, 3.05) is 0 Å². The lowest BCUT2D eigenvalue weighted by atomic mass is 10.1.